The molecule has 1 fully saturated rings. The first-order chi connectivity index (χ1) is 15.3. The van der Waals surface area contributed by atoms with Crippen molar-refractivity contribution in [3.8, 4) is 0 Å². The molecule has 4 nitrogen and oxygen atoms in total. The molecule has 3 aromatic carbocycles. The van der Waals surface area contributed by atoms with Crippen molar-refractivity contribution in [2.45, 2.75) is 18.8 Å². The van der Waals surface area contributed by atoms with Gasteiger partial charge in [-0.15, -0.1) is 0 Å². The highest BCUT2D eigenvalue weighted by molar-refractivity contribution is 5.91. The number of benzene rings is 3. The number of hydrazone groups is 1. The van der Waals surface area contributed by atoms with E-state index < -0.39 is 6.10 Å². The predicted molar refractivity (Wildman–Crippen MR) is 125 cm³/mol. The van der Waals surface area contributed by atoms with E-state index in [0.29, 0.717) is 6.61 Å². The largest absolute Gasteiger partial charge is 0.361 e. The lowest BCUT2D eigenvalue weighted by Gasteiger charge is -2.41. The summed E-state index contributed by atoms with van der Waals surface area (Å²) in [5.41, 5.74) is 3.18. The molecular weight excluding hydrogens is 384 g/mol. The summed E-state index contributed by atoms with van der Waals surface area (Å²) in [7, 11) is 0. The Morgan fingerprint density at radius 1 is 0.806 bits per heavy atom. The minimum Gasteiger partial charge on any atom is -0.361 e. The molecule has 0 N–H and O–H groups in total. The Balaban J connectivity index is 1.45. The molecule has 31 heavy (non-hydrogen) atoms. The third-order valence-corrected chi connectivity index (χ3v) is 4.98. The van der Waals surface area contributed by atoms with Gasteiger partial charge in [-0.2, -0.15) is 5.10 Å². The molecule has 1 heterocycles. The summed E-state index contributed by atoms with van der Waals surface area (Å²) in [5.74, 6) is -0.136. The Morgan fingerprint density at radius 2 is 1.39 bits per heavy atom. The normalized spacial score (nSPS) is 18.8. The average Bonchev–Trinajstić information content (AvgIpc) is 2.83. The number of ether oxygens (including phenoxy) is 1. The van der Waals surface area contributed by atoms with Crippen LogP contribution >= 0.6 is 0 Å². The first-order valence-corrected chi connectivity index (χ1v) is 10.3. The molecule has 0 bridgehead atoms. The van der Waals surface area contributed by atoms with Crippen molar-refractivity contribution in [2.24, 2.45) is 5.10 Å². The molecule has 0 aliphatic carbocycles. The van der Waals surface area contributed by atoms with E-state index in [-0.39, 0.29) is 11.9 Å². The molecule has 2 atom stereocenters. The molecule has 1 aliphatic rings. The maximum atomic E-state index is 12.7. The molecule has 0 unspecified atom stereocenters. The highest BCUT2D eigenvalue weighted by Crippen LogP contribution is 2.26. The molecule has 4 rings (SSSR count). The fourth-order valence-corrected chi connectivity index (χ4v) is 3.32. The molecule has 3 aromatic rings. The van der Waals surface area contributed by atoms with E-state index in [1.165, 1.54) is 5.01 Å². The number of allylic oxidation sites excluding steroid dienone is 1. The second kappa shape index (κ2) is 10.3. The van der Waals surface area contributed by atoms with Crippen molar-refractivity contribution >= 4 is 24.3 Å². The Bertz CT molecular complexity index is 1060. The average molecular weight is 409 g/mol. The first kappa shape index (κ1) is 20.5. The van der Waals surface area contributed by atoms with E-state index in [0.717, 1.165) is 16.7 Å². The predicted octanol–water partition coefficient (Wildman–Crippen LogP) is 5.20. The second-order valence-electron chi connectivity index (χ2n) is 7.19. The fourth-order valence-electron chi connectivity index (χ4n) is 3.32. The first-order valence-electron chi connectivity index (χ1n) is 10.3. The number of β-lactam (4-membered cyclic amide) rings is 1. The highest BCUT2D eigenvalue weighted by Gasteiger charge is 2.47. The van der Waals surface area contributed by atoms with Crippen LogP contribution in [0, 0.1) is 0 Å². The Labute approximate surface area is 182 Å². The SMILES string of the molecule is O=C1[C@H](OCc2ccccc2)[C@H](/C=C/c2ccccc2)N1/N=C/C=C/c1ccccc1. The van der Waals surface area contributed by atoms with Gasteiger partial charge in [-0.05, 0) is 22.8 Å². The van der Waals surface area contributed by atoms with E-state index >= 15 is 0 Å². The minimum atomic E-state index is -0.546. The Morgan fingerprint density at radius 3 is 2.03 bits per heavy atom. The van der Waals surface area contributed by atoms with Crippen LogP contribution in [0.1, 0.15) is 16.7 Å². The van der Waals surface area contributed by atoms with Crippen LogP contribution in [-0.4, -0.2) is 29.3 Å². The molecular formula is C27H24N2O2. The number of hydrogen-bond acceptors (Lipinski definition) is 3. The van der Waals surface area contributed by atoms with Gasteiger partial charge in [0.15, 0.2) is 6.10 Å². The highest BCUT2D eigenvalue weighted by atomic mass is 16.5. The van der Waals surface area contributed by atoms with Gasteiger partial charge in [0.25, 0.3) is 5.91 Å². The summed E-state index contributed by atoms with van der Waals surface area (Å²) in [6, 6.07) is 29.6. The van der Waals surface area contributed by atoms with Crippen LogP contribution < -0.4 is 0 Å². The van der Waals surface area contributed by atoms with E-state index in [4.69, 9.17) is 4.74 Å². The Kier molecular flexibility index (Phi) is 6.83. The zero-order valence-electron chi connectivity index (χ0n) is 17.1. The third kappa shape index (κ3) is 5.44. The van der Waals surface area contributed by atoms with Crippen LogP contribution in [0.4, 0.5) is 0 Å². The summed E-state index contributed by atoms with van der Waals surface area (Å²) in [6.07, 6.45) is 8.85. The lowest BCUT2D eigenvalue weighted by Crippen LogP contribution is -2.62. The van der Waals surface area contributed by atoms with Gasteiger partial charge >= 0.3 is 0 Å². The van der Waals surface area contributed by atoms with E-state index in [1.807, 2.05) is 115 Å². The lowest BCUT2D eigenvalue weighted by atomic mass is 9.99. The summed E-state index contributed by atoms with van der Waals surface area (Å²) in [5, 5.41) is 5.84. The second-order valence-corrected chi connectivity index (χ2v) is 7.19. The van der Waals surface area contributed by atoms with Crippen molar-refractivity contribution < 1.29 is 9.53 Å². The minimum absolute atomic E-state index is 0.136. The lowest BCUT2D eigenvalue weighted by molar-refractivity contribution is -0.170. The standard InChI is InChI=1S/C27H24N2O2/c30-27-26(31-21-24-15-8-3-9-16-24)25(19-18-23-13-6-2-7-14-23)29(27)28-20-10-17-22-11-4-1-5-12-22/h1-20,25-26H,21H2/b17-10+,19-18+,28-20+/t25-,26+/m0/s1. The number of nitrogens with zero attached hydrogens (tertiary/aromatic N) is 2. The fraction of sp³-hybridized carbons (Fsp3) is 0.111. The molecule has 0 saturated carbocycles. The number of hydrogen-bond donors (Lipinski definition) is 0. The van der Waals surface area contributed by atoms with Crippen LogP contribution in [0.15, 0.2) is 108 Å². The van der Waals surface area contributed by atoms with Crippen molar-refractivity contribution in [3.63, 3.8) is 0 Å². The summed E-state index contributed by atoms with van der Waals surface area (Å²) in [4.78, 5) is 12.7. The van der Waals surface area contributed by atoms with Crippen LogP contribution in [0.2, 0.25) is 0 Å². The van der Waals surface area contributed by atoms with Gasteiger partial charge in [0.1, 0.15) is 6.04 Å². The number of carbonyl (C=O) groups is 1. The molecule has 0 radical (unpaired) electrons. The molecule has 1 amide bonds. The van der Waals surface area contributed by atoms with Gasteiger partial charge in [-0.1, -0.05) is 109 Å². The molecule has 154 valence electrons. The van der Waals surface area contributed by atoms with Crippen molar-refractivity contribution in [3.05, 3.63) is 120 Å². The smallest absolute Gasteiger partial charge is 0.275 e. The zero-order chi connectivity index (χ0) is 21.3. The van der Waals surface area contributed by atoms with Gasteiger partial charge in [-0.25, -0.2) is 5.01 Å². The monoisotopic (exact) mass is 408 g/mol. The van der Waals surface area contributed by atoms with Crippen LogP contribution in [0.25, 0.3) is 12.2 Å². The van der Waals surface area contributed by atoms with Gasteiger partial charge in [-0.3, -0.25) is 4.79 Å². The summed E-state index contributed by atoms with van der Waals surface area (Å²) in [6.45, 7) is 0.387. The summed E-state index contributed by atoms with van der Waals surface area (Å²) >= 11 is 0. The topological polar surface area (TPSA) is 41.9 Å². The van der Waals surface area contributed by atoms with E-state index in [2.05, 4.69) is 5.10 Å². The van der Waals surface area contributed by atoms with Crippen LogP contribution in [0.5, 0.6) is 0 Å². The maximum absolute atomic E-state index is 12.7. The molecule has 0 aromatic heterocycles. The van der Waals surface area contributed by atoms with Crippen molar-refractivity contribution in [1.29, 1.82) is 0 Å². The van der Waals surface area contributed by atoms with Crippen LogP contribution in [0.3, 0.4) is 0 Å². The number of carbonyl (C=O) groups excluding carboxylic acids is 1. The van der Waals surface area contributed by atoms with Crippen molar-refractivity contribution in [2.75, 3.05) is 0 Å². The zero-order valence-corrected chi connectivity index (χ0v) is 17.1. The van der Waals surface area contributed by atoms with Gasteiger partial charge in [0, 0.05) is 6.21 Å². The molecule has 4 heteroatoms. The number of amides is 1. The van der Waals surface area contributed by atoms with Gasteiger partial charge in [0.2, 0.25) is 0 Å². The van der Waals surface area contributed by atoms with E-state index in [9.17, 15) is 4.79 Å². The van der Waals surface area contributed by atoms with Crippen molar-refractivity contribution in [1.82, 2.24) is 5.01 Å². The third-order valence-electron chi connectivity index (χ3n) is 4.98. The van der Waals surface area contributed by atoms with Gasteiger partial charge < -0.3 is 4.74 Å². The molecule has 1 saturated heterocycles. The van der Waals surface area contributed by atoms with E-state index in [1.54, 1.807) is 6.21 Å². The quantitative estimate of drug-likeness (QED) is 0.380. The molecule has 0 spiro atoms. The summed E-state index contributed by atoms with van der Waals surface area (Å²) < 4.78 is 5.95. The maximum Gasteiger partial charge on any atom is 0.275 e. The number of rotatable bonds is 8. The molecule has 1 aliphatic heterocycles. The van der Waals surface area contributed by atoms with Crippen LogP contribution in [-0.2, 0) is 16.1 Å². The Hall–Kier alpha value is -3.76. The van der Waals surface area contributed by atoms with Gasteiger partial charge in [0.05, 0.1) is 6.61 Å².